The highest BCUT2D eigenvalue weighted by Gasteiger charge is 2.18. The first-order chi connectivity index (χ1) is 11.6. The van der Waals surface area contributed by atoms with Crippen molar-refractivity contribution in [2.75, 3.05) is 25.5 Å². The Labute approximate surface area is 142 Å². The number of likely N-dealkylation sites (N-methyl/N-ethyl adjacent to an activating group) is 1. The molecule has 0 saturated heterocycles. The van der Waals surface area contributed by atoms with Gasteiger partial charge in [-0.05, 0) is 43.7 Å². The minimum absolute atomic E-state index is 0.0939. The van der Waals surface area contributed by atoms with Crippen LogP contribution >= 0.6 is 0 Å². The van der Waals surface area contributed by atoms with Crippen molar-refractivity contribution in [3.63, 3.8) is 0 Å². The number of carbonyl (C=O) groups excluding carboxylic acids is 1. The summed E-state index contributed by atoms with van der Waals surface area (Å²) in [5.41, 5.74) is 3.22. The fraction of sp³-hybridized carbons (Fsp3) is 0.250. The van der Waals surface area contributed by atoms with Crippen molar-refractivity contribution < 1.29 is 4.79 Å². The molecule has 3 rings (SSSR count). The normalized spacial score (nSPS) is 11.2. The topological polar surface area (TPSA) is 28.5 Å². The van der Waals surface area contributed by atoms with E-state index in [0.29, 0.717) is 13.1 Å². The molecule has 0 unspecified atom stereocenters. The summed E-state index contributed by atoms with van der Waals surface area (Å²) in [4.78, 5) is 16.5. The molecule has 0 N–H and O–H groups in total. The first-order valence-corrected chi connectivity index (χ1v) is 8.10. The third-order valence-corrected chi connectivity index (χ3v) is 4.19. The Morgan fingerprint density at radius 3 is 2.33 bits per heavy atom. The Morgan fingerprint density at radius 1 is 1.00 bits per heavy atom. The van der Waals surface area contributed by atoms with E-state index in [1.165, 1.54) is 10.9 Å². The number of rotatable bonds is 5. The Balaban J connectivity index is 1.96. The van der Waals surface area contributed by atoms with Crippen LogP contribution in [-0.2, 0) is 18.4 Å². The zero-order valence-corrected chi connectivity index (χ0v) is 14.4. The van der Waals surface area contributed by atoms with Gasteiger partial charge in [0.25, 0.3) is 0 Å². The van der Waals surface area contributed by atoms with Crippen LogP contribution in [0.15, 0.2) is 60.7 Å². The van der Waals surface area contributed by atoms with E-state index < -0.39 is 0 Å². The number of hydrogen-bond donors (Lipinski definition) is 0. The van der Waals surface area contributed by atoms with E-state index in [9.17, 15) is 4.79 Å². The molecule has 4 nitrogen and oxygen atoms in total. The van der Waals surface area contributed by atoms with Gasteiger partial charge in [-0.3, -0.25) is 4.79 Å². The molecule has 1 amide bonds. The molecule has 0 bridgehead atoms. The molecule has 0 aliphatic heterocycles. The van der Waals surface area contributed by atoms with Gasteiger partial charge in [0.15, 0.2) is 0 Å². The lowest BCUT2D eigenvalue weighted by molar-refractivity contribution is -0.119. The molecule has 0 fully saturated rings. The van der Waals surface area contributed by atoms with Gasteiger partial charge in [-0.2, -0.15) is 0 Å². The van der Waals surface area contributed by atoms with Crippen LogP contribution in [0, 0.1) is 0 Å². The summed E-state index contributed by atoms with van der Waals surface area (Å²) < 4.78 is 2.16. The molecule has 0 spiro atoms. The van der Waals surface area contributed by atoms with Crippen molar-refractivity contribution >= 4 is 22.5 Å². The van der Waals surface area contributed by atoms with Gasteiger partial charge >= 0.3 is 0 Å². The van der Waals surface area contributed by atoms with Gasteiger partial charge in [0.05, 0.1) is 13.1 Å². The number of anilines is 1. The Hall–Kier alpha value is -2.59. The summed E-state index contributed by atoms with van der Waals surface area (Å²) >= 11 is 0. The minimum atomic E-state index is 0.0939. The quantitative estimate of drug-likeness (QED) is 0.721. The van der Waals surface area contributed by atoms with Gasteiger partial charge in [-0.25, -0.2) is 0 Å². The number of carbonyl (C=O) groups is 1. The molecule has 24 heavy (non-hydrogen) atoms. The van der Waals surface area contributed by atoms with E-state index in [0.717, 1.165) is 11.4 Å². The second kappa shape index (κ2) is 6.89. The summed E-state index contributed by atoms with van der Waals surface area (Å²) in [6, 6.07) is 20.3. The van der Waals surface area contributed by atoms with E-state index in [-0.39, 0.29) is 5.91 Å². The summed E-state index contributed by atoms with van der Waals surface area (Å²) in [7, 11) is 5.88. The fourth-order valence-corrected chi connectivity index (χ4v) is 2.95. The Kier molecular flexibility index (Phi) is 4.67. The van der Waals surface area contributed by atoms with Crippen molar-refractivity contribution in [3.8, 4) is 0 Å². The molecule has 3 aromatic rings. The number of fused-ring (bicyclic) bond motifs is 1. The zero-order chi connectivity index (χ0) is 17.1. The number of aromatic nitrogens is 1. The first kappa shape index (κ1) is 16.3. The third kappa shape index (κ3) is 3.34. The Bertz CT molecular complexity index is 836. The molecule has 0 aliphatic carbocycles. The molecule has 1 heterocycles. The van der Waals surface area contributed by atoms with Crippen molar-refractivity contribution in [1.82, 2.24) is 9.47 Å². The van der Waals surface area contributed by atoms with Gasteiger partial charge in [-0.1, -0.05) is 36.4 Å². The monoisotopic (exact) mass is 321 g/mol. The van der Waals surface area contributed by atoms with Crippen LogP contribution in [0.4, 0.5) is 5.69 Å². The highest BCUT2D eigenvalue weighted by atomic mass is 16.2. The first-order valence-electron chi connectivity index (χ1n) is 8.10. The number of amides is 1. The van der Waals surface area contributed by atoms with Crippen molar-refractivity contribution in [3.05, 3.63) is 66.4 Å². The van der Waals surface area contributed by atoms with Crippen LogP contribution in [0.2, 0.25) is 0 Å². The predicted molar refractivity (Wildman–Crippen MR) is 99.1 cm³/mol. The molecule has 0 atom stereocenters. The number of para-hydroxylation sites is 2. The molecule has 0 aliphatic rings. The van der Waals surface area contributed by atoms with Crippen LogP contribution in [0.3, 0.4) is 0 Å². The number of nitrogens with zero attached hydrogens (tertiary/aromatic N) is 3. The lowest BCUT2D eigenvalue weighted by Crippen LogP contribution is -2.37. The SMILES string of the molecule is CN(C)CC(=O)N(Cc1cc2ccccc2n1C)c1ccccc1. The molecule has 124 valence electrons. The molecular weight excluding hydrogens is 298 g/mol. The van der Waals surface area contributed by atoms with Crippen LogP contribution < -0.4 is 4.90 Å². The fourth-order valence-electron chi connectivity index (χ4n) is 2.95. The van der Waals surface area contributed by atoms with Gasteiger partial charge in [0.2, 0.25) is 5.91 Å². The lowest BCUT2D eigenvalue weighted by atomic mass is 10.2. The molecule has 4 heteroatoms. The second-order valence-electron chi connectivity index (χ2n) is 6.31. The Morgan fingerprint density at radius 2 is 1.67 bits per heavy atom. The predicted octanol–water partition coefficient (Wildman–Crippen LogP) is 3.27. The minimum Gasteiger partial charge on any atom is -0.346 e. The van der Waals surface area contributed by atoms with Gasteiger partial charge < -0.3 is 14.4 Å². The van der Waals surface area contributed by atoms with Crippen molar-refractivity contribution in [2.45, 2.75) is 6.54 Å². The number of benzene rings is 2. The van der Waals surface area contributed by atoms with Crippen molar-refractivity contribution in [2.24, 2.45) is 7.05 Å². The molecule has 2 aromatic carbocycles. The van der Waals surface area contributed by atoms with Crippen molar-refractivity contribution in [1.29, 1.82) is 0 Å². The van der Waals surface area contributed by atoms with Gasteiger partial charge in [-0.15, -0.1) is 0 Å². The van der Waals surface area contributed by atoms with Gasteiger partial charge in [0.1, 0.15) is 0 Å². The largest absolute Gasteiger partial charge is 0.346 e. The molecular formula is C20H23N3O. The lowest BCUT2D eigenvalue weighted by Gasteiger charge is -2.25. The number of hydrogen-bond acceptors (Lipinski definition) is 2. The third-order valence-electron chi connectivity index (χ3n) is 4.19. The highest BCUT2D eigenvalue weighted by molar-refractivity contribution is 5.95. The van der Waals surface area contributed by atoms with E-state index in [4.69, 9.17) is 0 Å². The molecule has 0 saturated carbocycles. The maximum Gasteiger partial charge on any atom is 0.241 e. The van der Waals surface area contributed by atoms with Crippen LogP contribution in [-0.4, -0.2) is 36.0 Å². The second-order valence-corrected chi connectivity index (χ2v) is 6.31. The van der Waals surface area contributed by atoms with Crippen LogP contribution in [0.25, 0.3) is 10.9 Å². The maximum absolute atomic E-state index is 12.8. The standard InChI is InChI=1S/C20H23N3O/c1-21(2)15-20(24)23(17-10-5-4-6-11-17)14-18-13-16-9-7-8-12-19(16)22(18)3/h4-13H,14-15H2,1-3H3. The highest BCUT2D eigenvalue weighted by Crippen LogP contribution is 2.22. The summed E-state index contributed by atoms with van der Waals surface area (Å²) in [5.74, 6) is 0.0939. The van der Waals surface area contributed by atoms with E-state index in [2.05, 4.69) is 29.8 Å². The van der Waals surface area contributed by atoms with Crippen LogP contribution in [0.5, 0.6) is 0 Å². The summed E-state index contributed by atoms with van der Waals surface area (Å²) in [6.07, 6.45) is 0. The summed E-state index contributed by atoms with van der Waals surface area (Å²) in [5, 5.41) is 1.20. The average molecular weight is 321 g/mol. The molecule has 1 aromatic heterocycles. The van der Waals surface area contributed by atoms with Gasteiger partial charge in [0, 0.05) is 23.9 Å². The zero-order valence-electron chi connectivity index (χ0n) is 14.4. The van der Waals surface area contributed by atoms with E-state index >= 15 is 0 Å². The summed E-state index contributed by atoms with van der Waals surface area (Å²) in [6.45, 7) is 0.945. The average Bonchev–Trinajstić information content (AvgIpc) is 2.89. The van der Waals surface area contributed by atoms with E-state index in [1.807, 2.05) is 66.4 Å². The maximum atomic E-state index is 12.8. The van der Waals surface area contributed by atoms with Crippen LogP contribution in [0.1, 0.15) is 5.69 Å². The smallest absolute Gasteiger partial charge is 0.241 e. The van der Waals surface area contributed by atoms with E-state index in [1.54, 1.807) is 0 Å². The number of aryl methyl sites for hydroxylation is 1. The molecule has 0 radical (unpaired) electrons.